The highest BCUT2D eigenvalue weighted by Gasteiger charge is 2.39. The number of hydrogen-bond acceptors (Lipinski definition) is 3. The van der Waals surface area contributed by atoms with Crippen LogP contribution in [-0.2, 0) is 4.79 Å². The predicted molar refractivity (Wildman–Crippen MR) is 78.5 cm³/mol. The highest BCUT2D eigenvalue weighted by Crippen LogP contribution is 2.27. The van der Waals surface area contributed by atoms with E-state index in [1.807, 2.05) is 6.92 Å². The second-order valence-electron chi connectivity index (χ2n) is 5.41. The second kappa shape index (κ2) is 5.81. The molecular formula is C15H20FN3O2. The molecule has 1 unspecified atom stereocenters. The average Bonchev–Trinajstić information content (AvgIpc) is 2.93. The Labute approximate surface area is 123 Å². The van der Waals surface area contributed by atoms with Gasteiger partial charge in [0.1, 0.15) is 5.82 Å². The lowest BCUT2D eigenvalue weighted by Gasteiger charge is -2.27. The number of rotatable bonds is 4. The molecule has 1 atom stereocenters. The number of carbonyl (C=O) groups is 2. The van der Waals surface area contributed by atoms with Crippen LogP contribution in [-0.4, -0.2) is 23.9 Å². The van der Waals surface area contributed by atoms with Gasteiger partial charge in [-0.1, -0.05) is 6.92 Å². The largest absolute Gasteiger partial charge is 0.366 e. The van der Waals surface area contributed by atoms with Crippen molar-refractivity contribution in [2.75, 3.05) is 11.9 Å². The van der Waals surface area contributed by atoms with Gasteiger partial charge in [-0.2, -0.15) is 0 Å². The summed E-state index contributed by atoms with van der Waals surface area (Å²) in [4.78, 5) is 23.7. The molecule has 0 radical (unpaired) electrons. The van der Waals surface area contributed by atoms with Crippen molar-refractivity contribution >= 4 is 17.5 Å². The Morgan fingerprint density at radius 3 is 2.71 bits per heavy atom. The fraction of sp³-hybridized carbons (Fsp3) is 0.467. The van der Waals surface area contributed by atoms with E-state index in [1.54, 1.807) is 6.92 Å². The molecule has 1 aliphatic rings. The van der Waals surface area contributed by atoms with E-state index >= 15 is 0 Å². The maximum Gasteiger partial charge on any atom is 0.248 e. The molecule has 0 aromatic heterocycles. The van der Waals surface area contributed by atoms with Crippen LogP contribution in [0.5, 0.6) is 0 Å². The minimum atomic E-state index is -0.728. The fourth-order valence-electron chi connectivity index (χ4n) is 2.66. The molecule has 1 aromatic carbocycles. The number of nitrogens with two attached hydrogens (primary N) is 1. The average molecular weight is 293 g/mol. The summed E-state index contributed by atoms with van der Waals surface area (Å²) in [5.41, 5.74) is 5.17. The highest BCUT2D eigenvalue weighted by atomic mass is 19.1. The maximum absolute atomic E-state index is 13.8. The third kappa shape index (κ3) is 2.90. The van der Waals surface area contributed by atoms with E-state index < -0.39 is 17.3 Å². The molecule has 21 heavy (non-hydrogen) atoms. The summed E-state index contributed by atoms with van der Waals surface area (Å²) in [5, 5.41) is 5.94. The molecule has 6 heteroatoms. The first kappa shape index (κ1) is 15.4. The number of carbonyl (C=O) groups excluding carboxylic acids is 2. The van der Waals surface area contributed by atoms with Gasteiger partial charge in [-0.25, -0.2) is 4.39 Å². The third-order valence-corrected chi connectivity index (χ3v) is 4.16. The van der Waals surface area contributed by atoms with E-state index in [0.29, 0.717) is 6.42 Å². The predicted octanol–water partition coefficient (Wildman–Crippen LogP) is 1.70. The van der Waals surface area contributed by atoms with Gasteiger partial charge in [0.2, 0.25) is 11.8 Å². The van der Waals surface area contributed by atoms with E-state index in [-0.39, 0.29) is 22.7 Å². The zero-order valence-corrected chi connectivity index (χ0v) is 12.3. The van der Waals surface area contributed by atoms with Crippen molar-refractivity contribution in [1.82, 2.24) is 5.32 Å². The molecule has 5 nitrogen and oxygen atoms in total. The molecule has 1 saturated heterocycles. The molecular weight excluding hydrogens is 273 g/mol. The summed E-state index contributed by atoms with van der Waals surface area (Å²) in [6.07, 6.45) is 2.32. The van der Waals surface area contributed by atoms with Crippen molar-refractivity contribution in [3.63, 3.8) is 0 Å². The SMILES string of the molecule is CCC1(C(=O)Nc2cc(C(N)=O)cc(F)c2C)CCCN1. The second-order valence-corrected chi connectivity index (χ2v) is 5.41. The number of primary amides is 1. The maximum atomic E-state index is 13.8. The molecule has 0 bridgehead atoms. The number of anilines is 1. The lowest BCUT2D eigenvalue weighted by Crippen LogP contribution is -2.50. The number of nitrogens with one attached hydrogen (secondary N) is 2. The normalized spacial score (nSPS) is 21.3. The summed E-state index contributed by atoms with van der Waals surface area (Å²) in [5.74, 6) is -1.49. The number of benzene rings is 1. The van der Waals surface area contributed by atoms with Crippen LogP contribution in [0.15, 0.2) is 12.1 Å². The van der Waals surface area contributed by atoms with Gasteiger partial charge in [-0.05, 0) is 44.9 Å². The van der Waals surface area contributed by atoms with E-state index in [9.17, 15) is 14.0 Å². The Morgan fingerprint density at radius 1 is 1.48 bits per heavy atom. The van der Waals surface area contributed by atoms with Crippen LogP contribution in [0.3, 0.4) is 0 Å². The molecule has 4 N–H and O–H groups in total. The lowest BCUT2D eigenvalue weighted by molar-refractivity contribution is -0.122. The van der Waals surface area contributed by atoms with Crippen LogP contribution in [0, 0.1) is 12.7 Å². The molecule has 114 valence electrons. The molecule has 1 fully saturated rings. The zero-order valence-electron chi connectivity index (χ0n) is 12.3. The Hall–Kier alpha value is -1.95. The molecule has 2 rings (SSSR count). The van der Waals surface area contributed by atoms with Crippen molar-refractivity contribution in [2.45, 2.75) is 38.6 Å². The molecule has 0 saturated carbocycles. The summed E-state index contributed by atoms with van der Waals surface area (Å²) in [6, 6.07) is 2.49. The quantitative estimate of drug-likeness (QED) is 0.790. The van der Waals surface area contributed by atoms with Crippen molar-refractivity contribution < 1.29 is 14.0 Å². The van der Waals surface area contributed by atoms with Crippen molar-refractivity contribution in [3.05, 3.63) is 29.1 Å². The zero-order chi connectivity index (χ0) is 15.6. The van der Waals surface area contributed by atoms with Gasteiger partial charge in [0.25, 0.3) is 0 Å². The summed E-state index contributed by atoms with van der Waals surface area (Å²) in [7, 11) is 0. The van der Waals surface area contributed by atoms with Crippen molar-refractivity contribution in [1.29, 1.82) is 0 Å². The summed E-state index contributed by atoms with van der Waals surface area (Å²) >= 11 is 0. The minimum absolute atomic E-state index is 0.0401. The van der Waals surface area contributed by atoms with Crippen LogP contribution in [0.25, 0.3) is 0 Å². The first-order valence-electron chi connectivity index (χ1n) is 7.06. The number of amides is 2. The van der Waals surface area contributed by atoms with Gasteiger partial charge in [-0.3, -0.25) is 9.59 Å². The van der Waals surface area contributed by atoms with Crippen LogP contribution in [0.4, 0.5) is 10.1 Å². The first-order chi connectivity index (χ1) is 9.89. The first-order valence-corrected chi connectivity index (χ1v) is 7.06. The van der Waals surface area contributed by atoms with Crippen LogP contribution >= 0.6 is 0 Å². The van der Waals surface area contributed by atoms with Crippen molar-refractivity contribution in [2.24, 2.45) is 5.73 Å². The van der Waals surface area contributed by atoms with Gasteiger partial charge in [0.15, 0.2) is 0 Å². The van der Waals surface area contributed by atoms with Crippen LogP contribution in [0.2, 0.25) is 0 Å². The summed E-state index contributed by atoms with van der Waals surface area (Å²) < 4.78 is 13.8. The van der Waals surface area contributed by atoms with Gasteiger partial charge in [0, 0.05) is 16.8 Å². The molecule has 1 aliphatic heterocycles. The lowest BCUT2D eigenvalue weighted by atomic mass is 9.93. The topological polar surface area (TPSA) is 84.2 Å². The monoisotopic (exact) mass is 293 g/mol. The number of halogens is 1. The Kier molecular flexibility index (Phi) is 4.27. The van der Waals surface area contributed by atoms with Gasteiger partial charge in [-0.15, -0.1) is 0 Å². The molecule has 1 aromatic rings. The van der Waals surface area contributed by atoms with Gasteiger partial charge in [0.05, 0.1) is 5.54 Å². The van der Waals surface area contributed by atoms with E-state index in [4.69, 9.17) is 5.73 Å². The minimum Gasteiger partial charge on any atom is -0.366 e. The van der Waals surface area contributed by atoms with E-state index in [1.165, 1.54) is 6.07 Å². The molecule has 0 spiro atoms. The summed E-state index contributed by atoms with van der Waals surface area (Å²) in [6.45, 7) is 4.28. The molecule has 1 heterocycles. The Balaban J connectivity index is 2.30. The Morgan fingerprint density at radius 2 is 2.19 bits per heavy atom. The third-order valence-electron chi connectivity index (χ3n) is 4.16. The van der Waals surface area contributed by atoms with E-state index in [2.05, 4.69) is 10.6 Å². The standard InChI is InChI=1S/C15H20FN3O2/c1-3-15(5-4-6-18-15)14(21)19-12-8-10(13(17)20)7-11(16)9(12)2/h7-8,18H,3-6H2,1-2H3,(H2,17,20)(H,19,21). The van der Waals surface area contributed by atoms with Crippen LogP contribution < -0.4 is 16.4 Å². The Bertz CT molecular complexity index is 581. The van der Waals surface area contributed by atoms with Gasteiger partial charge < -0.3 is 16.4 Å². The van der Waals surface area contributed by atoms with Crippen LogP contribution in [0.1, 0.15) is 42.1 Å². The van der Waals surface area contributed by atoms with E-state index in [0.717, 1.165) is 25.5 Å². The van der Waals surface area contributed by atoms with Gasteiger partial charge >= 0.3 is 0 Å². The molecule has 2 amide bonds. The number of hydrogen-bond donors (Lipinski definition) is 3. The fourth-order valence-corrected chi connectivity index (χ4v) is 2.66. The highest BCUT2D eigenvalue weighted by molar-refractivity contribution is 6.00. The molecule has 0 aliphatic carbocycles. The smallest absolute Gasteiger partial charge is 0.248 e. The van der Waals surface area contributed by atoms with Crippen molar-refractivity contribution in [3.8, 4) is 0 Å².